The molecule has 1 fully saturated rings. The molecule has 1 aliphatic heterocycles. The summed E-state index contributed by atoms with van der Waals surface area (Å²) in [5.41, 5.74) is 4.29. The number of rotatable bonds is 4. The topological polar surface area (TPSA) is 44.4 Å². The zero-order chi connectivity index (χ0) is 17.8. The molecule has 0 spiro atoms. The predicted octanol–water partition coefficient (Wildman–Crippen LogP) is 3.54. The lowest BCUT2D eigenvalue weighted by molar-refractivity contribution is -0.118. The monoisotopic (exact) mass is 357 g/mol. The summed E-state index contributed by atoms with van der Waals surface area (Å²) in [5.74, 6) is 0.0147. The maximum atomic E-state index is 12.6. The minimum Gasteiger partial charge on any atom is -0.325 e. The third-order valence-electron chi connectivity index (χ3n) is 4.59. The zero-order valence-corrected chi connectivity index (χ0v) is 15.4. The standard InChI is InChI=1S/C20H24ClN3O/c1-14-6-7-18(15(2)10-14)23-20(25)13-24-9-8-22-12-19(24)16-4-3-5-17(21)11-16/h3-7,10-11,19,22H,8-9,12-13H2,1-2H3,(H,23,25). The highest BCUT2D eigenvalue weighted by molar-refractivity contribution is 6.30. The van der Waals surface area contributed by atoms with Crippen molar-refractivity contribution in [3.05, 3.63) is 64.2 Å². The lowest BCUT2D eigenvalue weighted by Gasteiger charge is -2.36. The van der Waals surface area contributed by atoms with Crippen LogP contribution in [0.15, 0.2) is 42.5 Å². The Morgan fingerprint density at radius 1 is 1.28 bits per heavy atom. The first kappa shape index (κ1) is 17.9. The molecule has 2 aromatic carbocycles. The summed E-state index contributed by atoms with van der Waals surface area (Å²) < 4.78 is 0. The lowest BCUT2D eigenvalue weighted by Crippen LogP contribution is -2.48. The van der Waals surface area contributed by atoms with Crippen LogP contribution in [-0.4, -0.2) is 37.0 Å². The van der Waals surface area contributed by atoms with Crippen LogP contribution in [0.1, 0.15) is 22.7 Å². The molecule has 3 rings (SSSR count). The number of piperazine rings is 1. The molecule has 1 saturated heterocycles. The Hall–Kier alpha value is -1.88. The first-order chi connectivity index (χ1) is 12.0. The number of nitrogens with zero attached hydrogens (tertiary/aromatic N) is 1. The van der Waals surface area contributed by atoms with Crippen LogP contribution in [0, 0.1) is 13.8 Å². The van der Waals surface area contributed by atoms with Gasteiger partial charge in [0.15, 0.2) is 0 Å². The van der Waals surface area contributed by atoms with Crippen molar-refractivity contribution in [2.45, 2.75) is 19.9 Å². The minimum atomic E-state index is 0.0147. The van der Waals surface area contributed by atoms with E-state index in [1.54, 1.807) is 0 Å². The number of halogens is 1. The van der Waals surface area contributed by atoms with Gasteiger partial charge >= 0.3 is 0 Å². The minimum absolute atomic E-state index is 0.0147. The fourth-order valence-corrected chi connectivity index (χ4v) is 3.50. The Bertz CT molecular complexity index is 762. The Labute approximate surface area is 154 Å². The Morgan fingerprint density at radius 2 is 2.12 bits per heavy atom. The molecule has 0 radical (unpaired) electrons. The molecular formula is C20H24ClN3O. The smallest absolute Gasteiger partial charge is 0.238 e. The largest absolute Gasteiger partial charge is 0.325 e. The van der Waals surface area contributed by atoms with Gasteiger partial charge in [0.05, 0.1) is 6.54 Å². The van der Waals surface area contributed by atoms with Gasteiger partial charge in [-0.1, -0.05) is 41.4 Å². The van der Waals surface area contributed by atoms with E-state index in [1.165, 1.54) is 5.56 Å². The van der Waals surface area contributed by atoms with Gasteiger partial charge in [-0.15, -0.1) is 0 Å². The molecule has 1 atom stereocenters. The van der Waals surface area contributed by atoms with Crippen molar-refractivity contribution >= 4 is 23.2 Å². The van der Waals surface area contributed by atoms with E-state index in [2.05, 4.69) is 34.6 Å². The summed E-state index contributed by atoms with van der Waals surface area (Å²) in [6.45, 7) is 6.96. The van der Waals surface area contributed by atoms with Crippen molar-refractivity contribution in [2.24, 2.45) is 0 Å². The number of anilines is 1. The molecule has 1 heterocycles. The Balaban J connectivity index is 1.69. The molecule has 0 aromatic heterocycles. The van der Waals surface area contributed by atoms with E-state index in [0.717, 1.165) is 41.5 Å². The fourth-order valence-electron chi connectivity index (χ4n) is 3.31. The highest BCUT2D eigenvalue weighted by Crippen LogP contribution is 2.24. The van der Waals surface area contributed by atoms with Crippen molar-refractivity contribution in [1.82, 2.24) is 10.2 Å². The summed E-state index contributed by atoms with van der Waals surface area (Å²) in [7, 11) is 0. The van der Waals surface area contributed by atoms with Gasteiger partial charge in [-0.2, -0.15) is 0 Å². The van der Waals surface area contributed by atoms with Crippen molar-refractivity contribution in [3.8, 4) is 0 Å². The molecule has 2 N–H and O–H groups in total. The zero-order valence-electron chi connectivity index (χ0n) is 14.7. The molecule has 0 saturated carbocycles. The summed E-state index contributed by atoms with van der Waals surface area (Å²) in [4.78, 5) is 14.8. The second-order valence-electron chi connectivity index (χ2n) is 6.61. The molecule has 2 aromatic rings. The van der Waals surface area contributed by atoms with Crippen LogP contribution >= 0.6 is 11.6 Å². The third-order valence-corrected chi connectivity index (χ3v) is 4.83. The van der Waals surface area contributed by atoms with Crippen LogP contribution in [0.4, 0.5) is 5.69 Å². The van der Waals surface area contributed by atoms with Crippen molar-refractivity contribution in [3.63, 3.8) is 0 Å². The molecular weight excluding hydrogens is 334 g/mol. The quantitative estimate of drug-likeness (QED) is 0.879. The van der Waals surface area contributed by atoms with Crippen molar-refractivity contribution in [2.75, 3.05) is 31.5 Å². The fraction of sp³-hybridized carbons (Fsp3) is 0.350. The molecule has 1 amide bonds. The van der Waals surface area contributed by atoms with Crippen molar-refractivity contribution in [1.29, 1.82) is 0 Å². The van der Waals surface area contributed by atoms with Gasteiger partial charge in [0, 0.05) is 36.4 Å². The second kappa shape index (κ2) is 8.00. The van der Waals surface area contributed by atoms with Gasteiger partial charge < -0.3 is 10.6 Å². The molecule has 25 heavy (non-hydrogen) atoms. The van der Waals surface area contributed by atoms with Crippen molar-refractivity contribution < 1.29 is 4.79 Å². The molecule has 4 nitrogen and oxygen atoms in total. The maximum Gasteiger partial charge on any atom is 0.238 e. The van der Waals surface area contributed by atoms with Crippen LogP contribution in [0.5, 0.6) is 0 Å². The molecule has 0 aliphatic carbocycles. The number of nitrogens with one attached hydrogen (secondary N) is 2. The normalized spacial score (nSPS) is 18.1. The first-order valence-electron chi connectivity index (χ1n) is 8.60. The summed E-state index contributed by atoms with van der Waals surface area (Å²) >= 11 is 6.14. The first-order valence-corrected chi connectivity index (χ1v) is 8.98. The second-order valence-corrected chi connectivity index (χ2v) is 7.05. The highest BCUT2D eigenvalue weighted by atomic mass is 35.5. The number of hydrogen-bond acceptors (Lipinski definition) is 3. The van der Waals surface area contributed by atoms with Crippen LogP contribution in [0.25, 0.3) is 0 Å². The molecule has 132 valence electrons. The number of amides is 1. The number of aryl methyl sites for hydroxylation is 2. The molecule has 0 bridgehead atoms. The van der Waals surface area contributed by atoms with E-state index in [1.807, 2.05) is 37.3 Å². The van der Waals surface area contributed by atoms with E-state index >= 15 is 0 Å². The average Bonchev–Trinajstić information content (AvgIpc) is 2.58. The molecule has 5 heteroatoms. The number of carbonyl (C=O) groups is 1. The van der Waals surface area contributed by atoms with Gasteiger partial charge in [-0.25, -0.2) is 0 Å². The van der Waals surface area contributed by atoms with Crippen LogP contribution in [-0.2, 0) is 4.79 Å². The number of carbonyl (C=O) groups excluding carboxylic acids is 1. The van der Waals surface area contributed by atoms with Gasteiger partial charge in [-0.3, -0.25) is 9.69 Å². The SMILES string of the molecule is Cc1ccc(NC(=O)CN2CCNCC2c2cccc(Cl)c2)c(C)c1. The van der Waals surface area contributed by atoms with E-state index in [0.29, 0.717) is 6.54 Å². The third kappa shape index (κ3) is 4.60. The van der Waals surface area contributed by atoms with E-state index < -0.39 is 0 Å². The predicted molar refractivity (Wildman–Crippen MR) is 103 cm³/mol. The van der Waals surface area contributed by atoms with Crippen LogP contribution in [0.3, 0.4) is 0 Å². The van der Waals surface area contributed by atoms with Crippen LogP contribution < -0.4 is 10.6 Å². The van der Waals surface area contributed by atoms with Gasteiger partial charge in [0.25, 0.3) is 0 Å². The van der Waals surface area contributed by atoms with Gasteiger partial charge in [0.1, 0.15) is 0 Å². The summed E-state index contributed by atoms with van der Waals surface area (Å²) in [6.07, 6.45) is 0. The average molecular weight is 358 g/mol. The van der Waals surface area contributed by atoms with E-state index in [9.17, 15) is 4.79 Å². The summed E-state index contributed by atoms with van der Waals surface area (Å²) in [6, 6.07) is 14.1. The summed E-state index contributed by atoms with van der Waals surface area (Å²) in [5, 5.41) is 7.17. The maximum absolute atomic E-state index is 12.6. The number of hydrogen-bond donors (Lipinski definition) is 2. The van der Waals surface area contributed by atoms with Gasteiger partial charge in [-0.05, 0) is 43.2 Å². The lowest BCUT2D eigenvalue weighted by atomic mass is 10.0. The van der Waals surface area contributed by atoms with Crippen LogP contribution in [0.2, 0.25) is 5.02 Å². The Kier molecular flexibility index (Phi) is 5.74. The van der Waals surface area contributed by atoms with E-state index in [4.69, 9.17) is 11.6 Å². The highest BCUT2D eigenvalue weighted by Gasteiger charge is 2.25. The number of benzene rings is 2. The van der Waals surface area contributed by atoms with Gasteiger partial charge in [0.2, 0.25) is 5.91 Å². The molecule has 1 aliphatic rings. The Morgan fingerprint density at radius 3 is 2.88 bits per heavy atom. The van der Waals surface area contributed by atoms with E-state index in [-0.39, 0.29) is 11.9 Å². The molecule has 1 unspecified atom stereocenters.